The molecule has 0 radical (unpaired) electrons. The van der Waals surface area contributed by atoms with Gasteiger partial charge < -0.3 is 5.32 Å². The average Bonchev–Trinajstić information content (AvgIpc) is 2.12. The van der Waals surface area contributed by atoms with Gasteiger partial charge in [-0.2, -0.15) is 0 Å². The maximum atomic E-state index is 11.6. The molecule has 0 bridgehead atoms. The molecule has 0 aromatic rings. The van der Waals surface area contributed by atoms with Gasteiger partial charge in [0.25, 0.3) is 0 Å². The van der Waals surface area contributed by atoms with Gasteiger partial charge in [-0.05, 0) is 30.6 Å². The van der Waals surface area contributed by atoms with Crippen LogP contribution in [0.2, 0.25) is 0 Å². The van der Waals surface area contributed by atoms with E-state index in [4.69, 9.17) is 11.6 Å². The van der Waals surface area contributed by atoms with E-state index >= 15 is 0 Å². The van der Waals surface area contributed by atoms with Crippen LogP contribution in [0.3, 0.4) is 0 Å². The van der Waals surface area contributed by atoms with Crippen LogP contribution in [0.5, 0.6) is 0 Å². The molecule has 1 aliphatic carbocycles. The predicted molar refractivity (Wildman–Crippen MR) is 68.7 cm³/mol. The number of carbonyl (C=O) groups is 1. The molecule has 1 aliphatic rings. The maximum absolute atomic E-state index is 11.6. The van der Waals surface area contributed by atoms with E-state index in [0.29, 0.717) is 17.7 Å². The molecule has 16 heavy (non-hydrogen) atoms. The number of alkyl halides is 1. The SMILES string of the molecule is CC(C)(C)CC(=O)NCC1CCCC(Cl)C1. The zero-order valence-corrected chi connectivity index (χ0v) is 11.4. The number of amides is 1. The molecule has 0 heterocycles. The minimum Gasteiger partial charge on any atom is -0.356 e. The Kier molecular flexibility index (Phi) is 5.10. The van der Waals surface area contributed by atoms with E-state index in [0.717, 1.165) is 19.4 Å². The molecular formula is C13H24ClNO. The normalized spacial score (nSPS) is 26.5. The van der Waals surface area contributed by atoms with Crippen molar-refractivity contribution in [2.24, 2.45) is 11.3 Å². The van der Waals surface area contributed by atoms with Gasteiger partial charge in [0.05, 0.1) is 0 Å². The first-order valence-corrected chi connectivity index (χ1v) is 6.71. The molecule has 0 saturated heterocycles. The lowest BCUT2D eigenvalue weighted by molar-refractivity contribution is -0.123. The summed E-state index contributed by atoms with van der Waals surface area (Å²) in [5, 5.41) is 3.35. The number of carbonyl (C=O) groups excluding carboxylic acids is 1. The third kappa shape index (κ3) is 5.74. The molecule has 0 aromatic heterocycles. The summed E-state index contributed by atoms with van der Waals surface area (Å²) in [4.78, 5) is 11.6. The van der Waals surface area contributed by atoms with Gasteiger partial charge in [-0.3, -0.25) is 4.79 Å². The van der Waals surface area contributed by atoms with Crippen molar-refractivity contribution in [3.63, 3.8) is 0 Å². The smallest absolute Gasteiger partial charge is 0.220 e. The van der Waals surface area contributed by atoms with Crippen LogP contribution in [0.25, 0.3) is 0 Å². The second kappa shape index (κ2) is 5.90. The van der Waals surface area contributed by atoms with Gasteiger partial charge in [0, 0.05) is 18.3 Å². The molecule has 1 amide bonds. The van der Waals surface area contributed by atoms with Gasteiger partial charge in [0.1, 0.15) is 0 Å². The Morgan fingerprint density at radius 1 is 1.38 bits per heavy atom. The minimum absolute atomic E-state index is 0.0751. The lowest BCUT2D eigenvalue weighted by atomic mass is 9.88. The molecule has 0 spiro atoms. The highest BCUT2D eigenvalue weighted by Crippen LogP contribution is 2.27. The van der Waals surface area contributed by atoms with E-state index in [2.05, 4.69) is 26.1 Å². The van der Waals surface area contributed by atoms with Crippen LogP contribution >= 0.6 is 11.6 Å². The fourth-order valence-corrected chi connectivity index (χ4v) is 2.62. The highest BCUT2D eigenvalue weighted by molar-refractivity contribution is 6.20. The van der Waals surface area contributed by atoms with Crippen molar-refractivity contribution in [2.45, 2.75) is 58.3 Å². The fourth-order valence-electron chi connectivity index (χ4n) is 2.21. The quantitative estimate of drug-likeness (QED) is 0.760. The van der Waals surface area contributed by atoms with Crippen LogP contribution in [0.4, 0.5) is 0 Å². The summed E-state index contributed by atoms with van der Waals surface area (Å²) in [5.74, 6) is 0.754. The Labute approximate surface area is 104 Å². The van der Waals surface area contributed by atoms with Crippen LogP contribution < -0.4 is 5.32 Å². The minimum atomic E-state index is 0.0751. The Hall–Kier alpha value is -0.240. The third-order valence-electron chi connectivity index (χ3n) is 3.00. The van der Waals surface area contributed by atoms with Crippen molar-refractivity contribution in [1.82, 2.24) is 5.32 Å². The monoisotopic (exact) mass is 245 g/mol. The first-order valence-electron chi connectivity index (χ1n) is 6.27. The second-order valence-corrected chi connectivity index (χ2v) is 6.79. The molecule has 1 rings (SSSR count). The number of hydrogen-bond acceptors (Lipinski definition) is 1. The molecule has 94 valence electrons. The summed E-state index contributed by atoms with van der Waals surface area (Å²) in [7, 11) is 0. The van der Waals surface area contributed by atoms with Gasteiger partial charge in [-0.25, -0.2) is 0 Å². The summed E-state index contributed by atoms with van der Waals surface area (Å²) in [5.41, 5.74) is 0.0751. The summed E-state index contributed by atoms with van der Waals surface area (Å²) >= 11 is 6.12. The van der Waals surface area contributed by atoms with E-state index < -0.39 is 0 Å². The Bertz CT molecular complexity index is 235. The van der Waals surface area contributed by atoms with E-state index in [9.17, 15) is 4.79 Å². The van der Waals surface area contributed by atoms with Crippen LogP contribution in [0.1, 0.15) is 52.9 Å². The van der Waals surface area contributed by atoms with Crippen molar-refractivity contribution in [2.75, 3.05) is 6.54 Å². The largest absolute Gasteiger partial charge is 0.356 e. The molecule has 2 unspecified atom stereocenters. The summed E-state index contributed by atoms with van der Waals surface area (Å²) in [6, 6.07) is 0. The zero-order valence-electron chi connectivity index (χ0n) is 10.7. The van der Waals surface area contributed by atoms with Crippen molar-refractivity contribution >= 4 is 17.5 Å². The molecule has 0 aliphatic heterocycles. The molecule has 3 heteroatoms. The topological polar surface area (TPSA) is 29.1 Å². The van der Waals surface area contributed by atoms with Crippen molar-refractivity contribution in [3.05, 3.63) is 0 Å². The van der Waals surface area contributed by atoms with Crippen LogP contribution in [0, 0.1) is 11.3 Å². The van der Waals surface area contributed by atoms with E-state index in [1.54, 1.807) is 0 Å². The molecule has 2 nitrogen and oxygen atoms in total. The third-order valence-corrected chi connectivity index (χ3v) is 3.39. The Balaban J connectivity index is 2.21. The molecule has 2 atom stereocenters. The van der Waals surface area contributed by atoms with Crippen LogP contribution in [-0.4, -0.2) is 17.8 Å². The zero-order chi connectivity index (χ0) is 12.2. The fraction of sp³-hybridized carbons (Fsp3) is 0.923. The summed E-state index contributed by atoms with van der Waals surface area (Å²) < 4.78 is 0. The first-order chi connectivity index (χ1) is 7.37. The number of halogens is 1. The highest BCUT2D eigenvalue weighted by Gasteiger charge is 2.21. The van der Waals surface area contributed by atoms with Gasteiger partial charge in [-0.1, -0.05) is 27.2 Å². The first kappa shape index (κ1) is 13.8. The van der Waals surface area contributed by atoms with E-state index in [1.807, 2.05) is 0 Å². The highest BCUT2D eigenvalue weighted by atomic mass is 35.5. The number of nitrogens with one attached hydrogen (secondary N) is 1. The van der Waals surface area contributed by atoms with E-state index in [1.165, 1.54) is 12.8 Å². The van der Waals surface area contributed by atoms with Gasteiger partial charge in [0.2, 0.25) is 5.91 Å². The molecule has 0 aromatic carbocycles. The lowest BCUT2D eigenvalue weighted by Crippen LogP contribution is -2.33. The predicted octanol–water partition coefficient (Wildman–Crippen LogP) is 3.34. The number of hydrogen-bond donors (Lipinski definition) is 1. The van der Waals surface area contributed by atoms with Crippen molar-refractivity contribution < 1.29 is 4.79 Å². The number of rotatable bonds is 3. The average molecular weight is 246 g/mol. The lowest BCUT2D eigenvalue weighted by Gasteiger charge is -2.26. The molecule has 1 N–H and O–H groups in total. The van der Waals surface area contributed by atoms with Crippen molar-refractivity contribution in [3.8, 4) is 0 Å². The van der Waals surface area contributed by atoms with Gasteiger partial charge >= 0.3 is 0 Å². The molecule has 1 fully saturated rings. The van der Waals surface area contributed by atoms with Crippen LogP contribution in [0.15, 0.2) is 0 Å². The molecular weight excluding hydrogens is 222 g/mol. The van der Waals surface area contributed by atoms with Gasteiger partial charge in [0.15, 0.2) is 0 Å². The molecule has 1 saturated carbocycles. The second-order valence-electron chi connectivity index (χ2n) is 6.17. The summed E-state index contributed by atoms with van der Waals surface area (Å²) in [6.45, 7) is 7.06. The Morgan fingerprint density at radius 2 is 2.06 bits per heavy atom. The Morgan fingerprint density at radius 3 is 2.62 bits per heavy atom. The summed E-state index contributed by atoms with van der Waals surface area (Å²) in [6.07, 6.45) is 5.20. The van der Waals surface area contributed by atoms with E-state index in [-0.39, 0.29) is 11.3 Å². The van der Waals surface area contributed by atoms with Crippen LogP contribution in [-0.2, 0) is 4.79 Å². The standard InChI is InChI=1S/C13H24ClNO/c1-13(2,3)8-12(16)15-9-10-5-4-6-11(14)7-10/h10-11H,4-9H2,1-3H3,(H,15,16). The van der Waals surface area contributed by atoms with Crippen molar-refractivity contribution in [1.29, 1.82) is 0 Å². The van der Waals surface area contributed by atoms with Gasteiger partial charge in [-0.15, -0.1) is 11.6 Å². The maximum Gasteiger partial charge on any atom is 0.220 e.